The van der Waals surface area contributed by atoms with Gasteiger partial charge in [-0.15, -0.1) is 5.10 Å². The largest absolute Gasteiger partial charge is 0.462 e. The number of ether oxygens (including phenoxy) is 1. The van der Waals surface area contributed by atoms with E-state index in [9.17, 15) is 9.59 Å². The third-order valence-electron chi connectivity index (χ3n) is 3.75. The molecule has 136 valence electrons. The third-order valence-corrected chi connectivity index (χ3v) is 4.65. The van der Waals surface area contributed by atoms with Gasteiger partial charge in [0, 0.05) is 34.8 Å². The minimum Gasteiger partial charge on any atom is -0.462 e. The number of benzene rings is 1. The average molecular weight is 372 g/mol. The number of pyridine rings is 1. The lowest BCUT2D eigenvalue weighted by molar-refractivity contribution is 0.0526. The number of hydrogen-bond donors (Lipinski definition) is 2. The summed E-state index contributed by atoms with van der Waals surface area (Å²) in [5, 5.41) is 8.20. The van der Waals surface area contributed by atoms with Gasteiger partial charge in [0.15, 0.2) is 5.43 Å². The predicted octanol–water partition coefficient (Wildman–Crippen LogP) is 3.07. The molecule has 2 N–H and O–H groups in total. The van der Waals surface area contributed by atoms with E-state index in [1.165, 1.54) is 11.8 Å². The molecule has 2 heterocycles. The summed E-state index contributed by atoms with van der Waals surface area (Å²) in [4.78, 5) is 31.9. The zero-order chi connectivity index (χ0) is 18.5. The third kappa shape index (κ3) is 4.13. The van der Waals surface area contributed by atoms with Crippen LogP contribution in [-0.2, 0) is 16.9 Å². The molecule has 3 aromatic rings. The van der Waals surface area contributed by atoms with Crippen LogP contribution in [0.3, 0.4) is 0 Å². The maximum Gasteiger partial charge on any atom is 0.338 e. The Balaban J connectivity index is 1.78. The van der Waals surface area contributed by atoms with Crippen LogP contribution in [-0.4, -0.2) is 32.7 Å². The van der Waals surface area contributed by atoms with Gasteiger partial charge in [0.1, 0.15) is 5.82 Å². The van der Waals surface area contributed by atoms with Crippen LogP contribution in [0.15, 0.2) is 34.2 Å². The summed E-state index contributed by atoms with van der Waals surface area (Å²) in [7, 11) is 0. The molecule has 7 nitrogen and oxygen atoms in total. The summed E-state index contributed by atoms with van der Waals surface area (Å²) in [5.41, 5.74) is 1.69. The summed E-state index contributed by atoms with van der Waals surface area (Å²) < 4.78 is 4.98. The molecule has 0 spiro atoms. The molecule has 26 heavy (non-hydrogen) atoms. The fourth-order valence-electron chi connectivity index (χ4n) is 2.55. The van der Waals surface area contributed by atoms with Gasteiger partial charge in [-0.3, -0.25) is 9.89 Å². The van der Waals surface area contributed by atoms with E-state index in [1.54, 1.807) is 31.2 Å². The molecule has 0 saturated heterocycles. The van der Waals surface area contributed by atoms with E-state index >= 15 is 0 Å². The molecular weight excluding hydrogens is 352 g/mol. The summed E-state index contributed by atoms with van der Waals surface area (Å²) in [6.07, 6.45) is 1.87. The van der Waals surface area contributed by atoms with E-state index in [1.807, 2.05) is 0 Å². The monoisotopic (exact) mass is 372 g/mol. The van der Waals surface area contributed by atoms with Crippen LogP contribution in [0.4, 0.5) is 0 Å². The van der Waals surface area contributed by atoms with Gasteiger partial charge in [-0.2, -0.15) is 0 Å². The van der Waals surface area contributed by atoms with E-state index in [2.05, 4.69) is 27.1 Å². The highest BCUT2D eigenvalue weighted by Crippen LogP contribution is 2.19. The summed E-state index contributed by atoms with van der Waals surface area (Å²) in [6.45, 7) is 4.13. The van der Waals surface area contributed by atoms with E-state index < -0.39 is 5.97 Å². The Bertz CT molecular complexity index is 980. The van der Waals surface area contributed by atoms with Crippen molar-refractivity contribution >= 4 is 28.6 Å². The highest BCUT2D eigenvalue weighted by Gasteiger charge is 2.10. The number of carbonyl (C=O) groups is 1. The van der Waals surface area contributed by atoms with E-state index in [0.29, 0.717) is 34.0 Å². The summed E-state index contributed by atoms with van der Waals surface area (Å²) >= 11 is 1.45. The quantitative estimate of drug-likeness (QED) is 0.488. The number of carbonyl (C=O) groups excluding carboxylic acids is 1. The van der Waals surface area contributed by atoms with Crippen LogP contribution in [0.2, 0.25) is 0 Å². The Morgan fingerprint density at radius 1 is 1.27 bits per heavy atom. The molecule has 2 aromatic heterocycles. The van der Waals surface area contributed by atoms with Crippen molar-refractivity contribution in [2.45, 2.75) is 37.6 Å². The van der Waals surface area contributed by atoms with Gasteiger partial charge in [-0.1, -0.05) is 18.7 Å². The lowest BCUT2D eigenvalue weighted by Crippen LogP contribution is -2.08. The predicted molar refractivity (Wildman–Crippen MR) is 100 cm³/mol. The molecule has 0 unspecified atom stereocenters. The SMILES string of the molecule is CCCc1nc(SCc2cc(=O)c3cc(C(=O)OCC)ccc3[nH]2)n[nH]1. The molecular formula is C18H20N4O3S. The minimum atomic E-state index is -0.430. The van der Waals surface area contributed by atoms with Crippen LogP contribution in [0, 0.1) is 0 Å². The van der Waals surface area contributed by atoms with Crippen LogP contribution in [0.5, 0.6) is 0 Å². The summed E-state index contributed by atoms with van der Waals surface area (Å²) in [5.74, 6) is 0.989. The average Bonchev–Trinajstić information content (AvgIpc) is 3.08. The number of nitrogens with zero attached hydrogens (tertiary/aromatic N) is 2. The van der Waals surface area contributed by atoms with E-state index in [4.69, 9.17) is 4.74 Å². The molecule has 0 fully saturated rings. The molecule has 0 amide bonds. The highest BCUT2D eigenvalue weighted by molar-refractivity contribution is 7.98. The van der Waals surface area contributed by atoms with Gasteiger partial charge >= 0.3 is 5.97 Å². The summed E-state index contributed by atoms with van der Waals surface area (Å²) in [6, 6.07) is 6.49. The first-order valence-corrected chi connectivity index (χ1v) is 9.46. The zero-order valence-electron chi connectivity index (χ0n) is 14.7. The Kier molecular flexibility index (Phi) is 5.72. The van der Waals surface area contributed by atoms with Gasteiger partial charge in [-0.05, 0) is 31.5 Å². The van der Waals surface area contributed by atoms with Crippen molar-refractivity contribution < 1.29 is 9.53 Å². The Morgan fingerprint density at radius 3 is 2.88 bits per heavy atom. The van der Waals surface area contributed by atoms with Gasteiger partial charge in [0.05, 0.1) is 12.2 Å². The number of aromatic amines is 2. The van der Waals surface area contributed by atoms with Crippen molar-refractivity contribution in [3.8, 4) is 0 Å². The van der Waals surface area contributed by atoms with Crippen molar-refractivity contribution in [1.29, 1.82) is 0 Å². The molecule has 0 bridgehead atoms. The van der Waals surface area contributed by atoms with Crippen molar-refractivity contribution in [1.82, 2.24) is 20.2 Å². The topological polar surface area (TPSA) is 101 Å². The fraction of sp³-hybridized carbons (Fsp3) is 0.333. The second-order valence-corrected chi connectivity index (χ2v) is 6.69. The van der Waals surface area contributed by atoms with Crippen molar-refractivity contribution in [2.24, 2.45) is 0 Å². The molecule has 0 aliphatic heterocycles. The Labute approximate surface area is 154 Å². The van der Waals surface area contributed by atoms with Crippen LogP contribution in [0.1, 0.15) is 42.1 Å². The molecule has 1 aromatic carbocycles. The van der Waals surface area contributed by atoms with Crippen molar-refractivity contribution in [2.75, 3.05) is 6.61 Å². The molecule has 0 atom stereocenters. The maximum absolute atomic E-state index is 12.4. The first-order chi connectivity index (χ1) is 12.6. The van der Waals surface area contributed by atoms with Crippen LogP contribution in [0.25, 0.3) is 10.9 Å². The second kappa shape index (κ2) is 8.18. The Morgan fingerprint density at radius 2 is 2.12 bits per heavy atom. The zero-order valence-corrected chi connectivity index (χ0v) is 15.5. The number of aromatic nitrogens is 4. The number of nitrogens with one attached hydrogen (secondary N) is 2. The number of thioether (sulfide) groups is 1. The number of aryl methyl sites for hydroxylation is 1. The van der Waals surface area contributed by atoms with Crippen LogP contribution < -0.4 is 5.43 Å². The molecule has 0 saturated carbocycles. The number of hydrogen-bond acceptors (Lipinski definition) is 6. The number of fused-ring (bicyclic) bond motifs is 1. The Hall–Kier alpha value is -2.61. The number of rotatable bonds is 7. The van der Waals surface area contributed by atoms with Gasteiger partial charge in [-0.25, -0.2) is 9.78 Å². The standard InChI is InChI=1S/C18H20N4O3S/c1-3-5-16-20-18(22-21-16)26-10-12-9-15(23)13-8-11(17(24)25-4-2)6-7-14(13)19-12/h6-9H,3-5,10H2,1-2H3,(H,19,23)(H,20,21,22). The second-order valence-electron chi connectivity index (χ2n) is 5.74. The lowest BCUT2D eigenvalue weighted by atomic mass is 10.1. The number of esters is 1. The van der Waals surface area contributed by atoms with Gasteiger partial charge < -0.3 is 9.72 Å². The minimum absolute atomic E-state index is 0.137. The maximum atomic E-state index is 12.4. The molecule has 0 aliphatic rings. The fourth-order valence-corrected chi connectivity index (χ4v) is 3.28. The molecule has 0 aliphatic carbocycles. The van der Waals surface area contributed by atoms with E-state index in [0.717, 1.165) is 24.4 Å². The first-order valence-electron chi connectivity index (χ1n) is 8.47. The van der Waals surface area contributed by atoms with Crippen LogP contribution >= 0.6 is 11.8 Å². The lowest BCUT2D eigenvalue weighted by Gasteiger charge is -2.06. The normalized spacial score (nSPS) is 11.0. The first kappa shape index (κ1) is 18.2. The molecule has 0 radical (unpaired) electrons. The number of H-pyrrole nitrogens is 2. The highest BCUT2D eigenvalue weighted by atomic mass is 32.2. The van der Waals surface area contributed by atoms with Crippen molar-refractivity contribution in [3.05, 3.63) is 51.6 Å². The van der Waals surface area contributed by atoms with Gasteiger partial charge in [0.25, 0.3) is 0 Å². The molecule has 8 heteroatoms. The van der Waals surface area contributed by atoms with E-state index in [-0.39, 0.29) is 5.43 Å². The van der Waals surface area contributed by atoms with Gasteiger partial charge in [0.2, 0.25) is 5.16 Å². The molecule has 3 rings (SSSR count). The smallest absolute Gasteiger partial charge is 0.338 e. The van der Waals surface area contributed by atoms with Crippen molar-refractivity contribution in [3.63, 3.8) is 0 Å².